The predicted molar refractivity (Wildman–Crippen MR) is 37.5 cm³/mol. The molecule has 0 aromatic rings. The normalized spacial score (nSPS) is 28.8. The molecule has 3 nitrogen and oxygen atoms in total. The molecule has 0 aromatic heterocycles. The number of rotatable bonds is 1. The molecule has 1 atom stereocenters. The maximum atomic E-state index is 7.13. The van der Waals surface area contributed by atoms with Gasteiger partial charge in [0.25, 0.3) is 0 Å². The Hall–Kier alpha value is -0.570. The molecular weight excluding hydrogens is 114 g/mol. The molecule has 1 unspecified atom stereocenters. The molecule has 1 rings (SSSR count). The number of hydrogen-bond acceptors (Lipinski definition) is 2. The van der Waals surface area contributed by atoms with E-state index in [-0.39, 0.29) is 0 Å². The molecule has 3 N–H and O–H groups in total. The fourth-order valence-corrected chi connectivity index (χ4v) is 1.19. The van der Waals surface area contributed by atoms with E-state index < -0.39 is 0 Å². The fraction of sp³-hybridized carbons (Fsp3) is 0.833. The van der Waals surface area contributed by atoms with Crippen molar-refractivity contribution in [2.24, 2.45) is 11.7 Å². The van der Waals surface area contributed by atoms with Crippen LogP contribution in [-0.2, 0) is 0 Å². The van der Waals surface area contributed by atoms with Crippen molar-refractivity contribution in [3.05, 3.63) is 0 Å². The van der Waals surface area contributed by atoms with Gasteiger partial charge in [-0.25, -0.2) is 0 Å². The van der Waals surface area contributed by atoms with Gasteiger partial charge >= 0.3 is 0 Å². The summed E-state index contributed by atoms with van der Waals surface area (Å²) in [7, 11) is 2.06. The summed E-state index contributed by atoms with van der Waals surface area (Å²) in [5.74, 6) is 0.675. The Bertz CT molecular complexity index is 121. The predicted octanol–water partition coefficient (Wildman–Crippen LogP) is -0.126. The van der Waals surface area contributed by atoms with Gasteiger partial charge < -0.3 is 10.6 Å². The Labute approximate surface area is 55.3 Å². The van der Waals surface area contributed by atoms with Crippen LogP contribution >= 0.6 is 0 Å². The van der Waals surface area contributed by atoms with Crippen molar-refractivity contribution in [2.75, 3.05) is 20.1 Å². The molecule has 1 aliphatic rings. The minimum Gasteiger partial charge on any atom is -0.387 e. The maximum Gasteiger partial charge on any atom is 0.0950 e. The van der Waals surface area contributed by atoms with Gasteiger partial charge in [0.2, 0.25) is 0 Å². The molecule has 0 radical (unpaired) electrons. The summed E-state index contributed by atoms with van der Waals surface area (Å²) in [5.41, 5.74) is 5.32. The Balaban J connectivity index is 2.39. The van der Waals surface area contributed by atoms with Crippen LogP contribution in [0, 0.1) is 11.3 Å². The van der Waals surface area contributed by atoms with E-state index >= 15 is 0 Å². The first-order chi connectivity index (χ1) is 4.20. The van der Waals surface area contributed by atoms with Gasteiger partial charge in [0, 0.05) is 12.5 Å². The van der Waals surface area contributed by atoms with E-state index in [9.17, 15) is 0 Å². The minimum absolute atomic E-state index is 0.329. The van der Waals surface area contributed by atoms with Gasteiger partial charge in [-0.3, -0.25) is 5.41 Å². The van der Waals surface area contributed by atoms with Crippen LogP contribution in [0.5, 0.6) is 0 Å². The van der Waals surface area contributed by atoms with Crippen molar-refractivity contribution < 1.29 is 0 Å². The lowest BCUT2D eigenvalue weighted by atomic mass is 10.1. The average molecular weight is 127 g/mol. The molecular formula is C6H13N3. The van der Waals surface area contributed by atoms with Crippen molar-refractivity contribution in [1.82, 2.24) is 4.90 Å². The number of nitrogens with one attached hydrogen (secondary N) is 1. The van der Waals surface area contributed by atoms with Gasteiger partial charge in [-0.2, -0.15) is 0 Å². The third kappa shape index (κ3) is 1.42. The molecule has 0 bridgehead atoms. The number of amidine groups is 1. The molecule has 1 saturated heterocycles. The Kier molecular flexibility index (Phi) is 1.71. The maximum absolute atomic E-state index is 7.13. The van der Waals surface area contributed by atoms with Crippen molar-refractivity contribution in [3.63, 3.8) is 0 Å². The van der Waals surface area contributed by atoms with E-state index in [0.29, 0.717) is 11.8 Å². The zero-order valence-electron chi connectivity index (χ0n) is 5.72. The number of likely N-dealkylation sites (tertiary alicyclic amines) is 1. The average Bonchev–Trinajstić information content (AvgIpc) is 2.14. The summed E-state index contributed by atoms with van der Waals surface area (Å²) in [4.78, 5) is 2.20. The van der Waals surface area contributed by atoms with E-state index in [1.54, 1.807) is 0 Å². The second kappa shape index (κ2) is 2.35. The highest BCUT2D eigenvalue weighted by Crippen LogP contribution is 2.12. The van der Waals surface area contributed by atoms with Crippen molar-refractivity contribution in [1.29, 1.82) is 5.41 Å². The van der Waals surface area contributed by atoms with E-state index in [0.717, 1.165) is 19.5 Å². The van der Waals surface area contributed by atoms with Crippen LogP contribution in [0.2, 0.25) is 0 Å². The van der Waals surface area contributed by atoms with Gasteiger partial charge in [0.15, 0.2) is 0 Å². The van der Waals surface area contributed by atoms with Crippen molar-refractivity contribution in [2.45, 2.75) is 6.42 Å². The van der Waals surface area contributed by atoms with Gasteiger partial charge in [-0.05, 0) is 20.0 Å². The number of nitrogens with two attached hydrogens (primary N) is 1. The van der Waals surface area contributed by atoms with Gasteiger partial charge in [0.05, 0.1) is 5.84 Å². The molecule has 1 aliphatic heterocycles. The standard InChI is InChI=1S/C6H13N3/c1-9-3-2-5(4-9)6(7)8/h5H,2-4H2,1H3,(H3,7,8). The van der Waals surface area contributed by atoms with Gasteiger partial charge in [-0.1, -0.05) is 0 Å². The summed E-state index contributed by atoms with van der Waals surface area (Å²) in [6, 6.07) is 0. The molecule has 0 amide bonds. The number of hydrogen-bond donors (Lipinski definition) is 2. The lowest BCUT2D eigenvalue weighted by molar-refractivity contribution is 0.410. The quantitative estimate of drug-likeness (QED) is 0.381. The highest BCUT2D eigenvalue weighted by atomic mass is 15.1. The third-order valence-electron chi connectivity index (χ3n) is 1.83. The number of nitrogens with zero attached hydrogens (tertiary/aromatic N) is 1. The zero-order valence-corrected chi connectivity index (χ0v) is 5.72. The lowest BCUT2D eigenvalue weighted by Gasteiger charge is -2.06. The first-order valence-electron chi connectivity index (χ1n) is 3.22. The van der Waals surface area contributed by atoms with E-state index in [4.69, 9.17) is 11.1 Å². The van der Waals surface area contributed by atoms with Crippen LogP contribution in [-0.4, -0.2) is 30.9 Å². The smallest absolute Gasteiger partial charge is 0.0950 e. The topological polar surface area (TPSA) is 53.1 Å². The first-order valence-corrected chi connectivity index (χ1v) is 3.22. The highest BCUT2D eigenvalue weighted by molar-refractivity contribution is 5.80. The highest BCUT2D eigenvalue weighted by Gasteiger charge is 2.20. The van der Waals surface area contributed by atoms with Crippen LogP contribution in [0.1, 0.15) is 6.42 Å². The summed E-state index contributed by atoms with van der Waals surface area (Å²) < 4.78 is 0. The minimum atomic E-state index is 0.329. The van der Waals surface area contributed by atoms with Crippen LogP contribution in [0.3, 0.4) is 0 Å². The molecule has 52 valence electrons. The lowest BCUT2D eigenvalue weighted by Crippen LogP contribution is -2.24. The van der Waals surface area contributed by atoms with Crippen LogP contribution in [0.15, 0.2) is 0 Å². The Morgan fingerprint density at radius 3 is 2.67 bits per heavy atom. The molecule has 0 aromatic carbocycles. The Morgan fingerprint density at radius 2 is 2.44 bits per heavy atom. The summed E-state index contributed by atoms with van der Waals surface area (Å²) >= 11 is 0. The largest absolute Gasteiger partial charge is 0.387 e. The summed E-state index contributed by atoms with van der Waals surface area (Å²) in [6.07, 6.45) is 1.06. The second-order valence-corrected chi connectivity index (χ2v) is 2.70. The molecule has 1 heterocycles. The molecule has 9 heavy (non-hydrogen) atoms. The van der Waals surface area contributed by atoms with Crippen molar-refractivity contribution in [3.8, 4) is 0 Å². The van der Waals surface area contributed by atoms with E-state index in [1.807, 2.05) is 0 Å². The second-order valence-electron chi connectivity index (χ2n) is 2.70. The molecule has 3 heteroatoms. The fourth-order valence-electron chi connectivity index (χ4n) is 1.19. The van der Waals surface area contributed by atoms with Crippen LogP contribution < -0.4 is 5.73 Å². The van der Waals surface area contributed by atoms with E-state index in [2.05, 4.69) is 11.9 Å². The first kappa shape index (κ1) is 6.55. The van der Waals surface area contributed by atoms with E-state index in [1.165, 1.54) is 0 Å². The van der Waals surface area contributed by atoms with Gasteiger partial charge in [0.1, 0.15) is 0 Å². The SMILES string of the molecule is CN1CCC(C(=N)N)C1. The van der Waals surface area contributed by atoms with Crippen LogP contribution in [0.4, 0.5) is 0 Å². The monoisotopic (exact) mass is 127 g/mol. The zero-order chi connectivity index (χ0) is 6.85. The van der Waals surface area contributed by atoms with Crippen molar-refractivity contribution >= 4 is 5.84 Å². The third-order valence-corrected chi connectivity index (χ3v) is 1.83. The summed E-state index contributed by atoms with van der Waals surface area (Å²) in [5, 5.41) is 7.13. The Morgan fingerprint density at radius 1 is 1.78 bits per heavy atom. The molecule has 1 fully saturated rings. The molecule has 0 saturated carbocycles. The molecule has 0 aliphatic carbocycles. The van der Waals surface area contributed by atoms with Gasteiger partial charge in [-0.15, -0.1) is 0 Å². The van der Waals surface area contributed by atoms with Crippen LogP contribution in [0.25, 0.3) is 0 Å². The summed E-state index contributed by atoms with van der Waals surface area (Å²) in [6.45, 7) is 2.06. The molecule has 0 spiro atoms.